The molecular formula is C50H58BN7O2+2. The molecule has 0 atom stereocenters. The standard InChI is InChI=1S/C50H58BN7O2/c1-53(2)41-23-15-37(16-24-41)45-35-47(39-19-27-43(59-11)28-20-39)55-49(45)52-50-46(38-17-25-42(26-18-38)54(3)4)36-48(40-21-29-44(60-12)30-22-40)56(50)51(55,31-13-33-57(5,6)7)32-14-34-58(8,9)10/h15-30,35-36H,33-34H2,1-12H3/q+2. The summed E-state index contributed by atoms with van der Waals surface area (Å²) in [5, 5.41) is 0. The van der Waals surface area contributed by atoms with Crippen molar-refractivity contribution < 1.29 is 22.9 Å². The van der Waals surface area contributed by atoms with E-state index < -0.39 is 6.42 Å². The average Bonchev–Trinajstić information content (AvgIpc) is 3.80. The summed E-state index contributed by atoms with van der Waals surface area (Å²) in [6, 6.07) is 36.2. The van der Waals surface area contributed by atoms with E-state index in [2.05, 4.69) is 198 Å². The number of benzene rings is 4. The van der Waals surface area contributed by atoms with Crippen molar-refractivity contribution in [2.24, 2.45) is 4.99 Å². The first-order chi connectivity index (χ1) is 28.5. The Morgan fingerprint density at radius 2 is 1.07 bits per heavy atom. The highest BCUT2D eigenvalue weighted by molar-refractivity contribution is 6.89. The van der Waals surface area contributed by atoms with Crippen LogP contribution in [0.5, 0.6) is 11.5 Å². The molecular weight excluding hydrogens is 741 g/mol. The van der Waals surface area contributed by atoms with E-state index in [9.17, 15) is 0 Å². The first kappa shape index (κ1) is 41.7. The number of ether oxygens (including phenoxy) is 2. The fraction of sp³-hybridized carbons (Fsp3) is 0.280. The fourth-order valence-electron chi connectivity index (χ4n) is 7.65. The number of hydrogen-bond acceptors (Lipinski definition) is 5. The van der Waals surface area contributed by atoms with Gasteiger partial charge >= 0.3 is 6.42 Å². The van der Waals surface area contributed by atoms with Crippen LogP contribution in [0.1, 0.15) is 11.1 Å². The maximum atomic E-state index is 5.77. The predicted molar refractivity (Wildman–Crippen MR) is 252 cm³/mol. The van der Waals surface area contributed by atoms with Crippen molar-refractivity contribution in [2.45, 2.75) is 0 Å². The number of aromatic nitrogens is 1. The number of fused-ring (bicyclic) bond motifs is 2. The van der Waals surface area contributed by atoms with E-state index in [0.29, 0.717) is 22.1 Å². The quantitative estimate of drug-likeness (QED) is 0.0840. The first-order valence-corrected chi connectivity index (χ1v) is 20.4. The lowest BCUT2D eigenvalue weighted by Gasteiger charge is -2.38. The maximum absolute atomic E-state index is 5.77. The minimum Gasteiger partial charge on any atom is -0.497 e. The van der Waals surface area contributed by atoms with Gasteiger partial charge in [-0.25, -0.2) is 11.6 Å². The van der Waals surface area contributed by atoms with Crippen molar-refractivity contribution in [1.29, 1.82) is 0 Å². The van der Waals surface area contributed by atoms with Gasteiger partial charge in [-0.3, -0.25) is 0 Å². The molecule has 306 valence electrons. The Hall–Kier alpha value is -6.46. The van der Waals surface area contributed by atoms with Crippen LogP contribution in [-0.2, 0) is 0 Å². The summed E-state index contributed by atoms with van der Waals surface area (Å²) in [4.78, 5) is 10.0. The first-order valence-electron chi connectivity index (χ1n) is 20.4. The van der Waals surface area contributed by atoms with Crippen LogP contribution in [0, 0.1) is 23.5 Å². The highest BCUT2D eigenvalue weighted by Crippen LogP contribution is 2.45. The maximum Gasteiger partial charge on any atom is 0.434 e. The number of rotatable bonds is 10. The molecule has 10 heteroatoms. The molecule has 0 radical (unpaired) electrons. The van der Waals surface area contributed by atoms with Crippen molar-refractivity contribution in [1.82, 2.24) is 4.48 Å². The zero-order valence-electron chi connectivity index (χ0n) is 37.3. The molecule has 7 rings (SSSR count). The lowest BCUT2D eigenvalue weighted by Crippen LogP contribution is -2.58. The molecule has 3 heterocycles. The van der Waals surface area contributed by atoms with Crippen molar-refractivity contribution in [2.75, 3.05) is 108 Å². The highest BCUT2D eigenvalue weighted by Gasteiger charge is 2.50. The molecule has 0 aliphatic carbocycles. The molecule has 2 aliphatic heterocycles. The SMILES string of the molecule is COc1ccc(C2=[N+]3C(=Nc4c(-c5ccc(N(C)C)cc5)cc(-c5ccc(OC)cc5)n4[B-]3(C#CC[N+](C)(C)C)C#CC[N+](C)(C)C)C(c3ccc(N(C)C)cc3)=C2)cc1. The van der Waals surface area contributed by atoms with Gasteiger partial charge in [0.25, 0.3) is 5.84 Å². The molecule has 1 aromatic heterocycles. The van der Waals surface area contributed by atoms with Crippen LogP contribution in [0.25, 0.3) is 28.0 Å². The molecule has 2 aliphatic rings. The summed E-state index contributed by atoms with van der Waals surface area (Å²) in [6.07, 6.45) is -0.0245. The minimum absolute atomic E-state index is 0.623. The highest BCUT2D eigenvalue weighted by atomic mass is 16.5. The van der Waals surface area contributed by atoms with E-state index in [4.69, 9.17) is 14.5 Å². The summed E-state index contributed by atoms with van der Waals surface area (Å²) >= 11 is 0. The van der Waals surface area contributed by atoms with Gasteiger partial charge in [0.1, 0.15) is 24.6 Å². The largest absolute Gasteiger partial charge is 0.497 e. The lowest BCUT2D eigenvalue weighted by molar-refractivity contribution is -0.862. The zero-order valence-corrected chi connectivity index (χ0v) is 37.3. The van der Waals surface area contributed by atoms with Gasteiger partial charge < -0.3 is 37.2 Å². The molecule has 0 amide bonds. The molecule has 0 saturated carbocycles. The van der Waals surface area contributed by atoms with Gasteiger partial charge in [-0.1, -0.05) is 36.1 Å². The summed E-state index contributed by atoms with van der Waals surface area (Å²) in [6.45, 7) is 1.25. The van der Waals surface area contributed by atoms with E-state index in [-0.39, 0.29) is 0 Å². The zero-order chi connectivity index (χ0) is 43.0. The number of aliphatic imine (C=N–C) groups is 1. The molecule has 0 spiro atoms. The Balaban J connectivity index is 1.66. The van der Waals surface area contributed by atoms with Gasteiger partial charge in [0.15, 0.2) is 0 Å². The predicted octanol–water partition coefficient (Wildman–Crippen LogP) is 7.40. The van der Waals surface area contributed by atoms with Crippen molar-refractivity contribution in [3.8, 4) is 57.4 Å². The number of amidine groups is 1. The molecule has 0 fully saturated rings. The van der Waals surface area contributed by atoms with E-state index in [1.807, 2.05) is 24.3 Å². The minimum atomic E-state index is -2.30. The number of quaternary nitrogens is 2. The third-order valence-electron chi connectivity index (χ3n) is 10.9. The van der Waals surface area contributed by atoms with E-state index in [1.54, 1.807) is 14.2 Å². The Morgan fingerprint density at radius 3 is 1.52 bits per heavy atom. The Morgan fingerprint density at radius 1 is 0.617 bits per heavy atom. The number of hydrogen-bond donors (Lipinski definition) is 0. The number of allylic oxidation sites excluding steroid dienone is 1. The molecule has 9 nitrogen and oxygen atoms in total. The van der Waals surface area contributed by atoms with Crippen LogP contribution in [0.15, 0.2) is 114 Å². The molecule has 60 heavy (non-hydrogen) atoms. The Kier molecular flexibility index (Phi) is 11.3. The van der Waals surface area contributed by atoms with Gasteiger partial charge in [-0.15, -0.1) is 0 Å². The van der Waals surface area contributed by atoms with Crippen LogP contribution in [0.3, 0.4) is 0 Å². The summed E-state index contributed by atoms with van der Waals surface area (Å²) < 4.78 is 17.3. The van der Waals surface area contributed by atoms with Gasteiger partial charge in [0.05, 0.1) is 67.8 Å². The normalized spacial score (nSPS) is 14.1. The smallest absolute Gasteiger partial charge is 0.434 e. The van der Waals surface area contributed by atoms with Crippen LogP contribution < -0.4 is 19.3 Å². The Bertz CT molecular complexity index is 2580. The van der Waals surface area contributed by atoms with Crippen molar-refractivity contribution in [3.05, 3.63) is 120 Å². The molecule has 5 aromatic rings. The Labute approximate surface area is 357 Å². The van der Waals surface area contributed by atoms with Crippen molar-refractivity contribution >= 4 is 40.7 Å². The second-order valence-corrected chi connectivity index (χ2v) is 18.0. The number of methoxy groups -OCH3 is 2. The van der Waals surface area contributed by atoms with Crippen LogP contribution in [0.2, 0.25) is 0 Å². The van der Waals surface area contributed by atoms with E-state index in [0.717, 1.165) is 79.3 Å². The fourth-order valence-corrected chi connectivity index (χ4v) is 7.65. The van der Waals surface area contributed by atoms with E-state index >= 15 is 0 Å². The molecule has 4 aromatic carbocycles. The van der Waals surface area contributed by atoms with Crippen LogP contribution in [0.4, 0.5) is 17.2 Å². The molecule has 0 saturated heterocycles. The summed E-state index contributed by atoms with van der Waals surface area (Å²) in [7, 11) is 24.7. The molecule has 0 unspecified atom stereocenters. The number of anilines is 2. The summed E-state index contributed by atoms with van der Waals surface area (Å²) in [5.74, 6) is 18.5. The monoisotopic (exact) mass is 799 g/mol. The third-order valence-corrected chi connectivity index (χ3v) is 10.9. The average molecular weight is 800 g/mol. The lowest BCUT2D eigenvalue weighted by atomic mass is 9.45. The van der Waals surface area contributed by atoms with Gasteiger partial charge in [-0.05, 0) is 107 Å². The summed E-state index contributed by atoms with van der Waals surface area (Å²) in [5.41, 5.74) is 10.3. The second-order valence-electron chi connectivity index (χ2n) is 18.0. The van der Waals surface area contributed by atoms with Crippen LogP contribution >= 0.6 is 0 Å². The number of nitrogens with zero attached hydrogens (tertiary/aromatic N) is 7. The van der Waals surface area contributed by atoms with Crippen LogP contribution in [-0.4, -0.2) is 134 Å². The van der Waals surface area contributed by atoms with Gasteiger partial charge in [-0.2, -0.15) is 0 Å². The second kappa shape index (κ2) is 16.3. The third kappa shape index (κ3) is 8.35. The van der Waals surface area contributed by atoms with Gasteiger partial charge in [0, 0.05) is 56.4 Å². The molecule has 0 N–H and O–H groups in total. The topological polar surface area (TPSA) is 45.2 Å². The van der Waals surface area contributed by atoms with Gasteiger partial charge in [0.2, 0.25) is 5.82 Å². The van der Waals surface area contributed by atoms with Crippen molar-refractivity contribution in [3.63, 3.8) is 0 Å². The molecule has 0 bridgehead atoms. The van der Waals surface area contributed by atoms with E-state index in [1.165, 1.54) is 0 Å².